The molecule has 0 aliphatic carbocycles. The molecule has 0 saturated heterocycles. The van der Waals surface area contributed by atoms with Gasteiger partial charge >= 0.3 is 0 Å². The summed E-state index contributed by atoms with van der Waals surface area (Å²) in [6.07, 6.45) is 0. The first-order chi connectivity index (χ1) is 8.56. The number of rotatable bonds is 3. The van der Waals surface area contributed by atoms with Gasteiger partial charge in [0, 0.05) is 0 Å². The molecule has 0 bridgehead atoms. The van der Waals surface area contributed by atoms with Crippen LogP contribution in [-0.2, 0) is 0 Å². The van der Waals surface area contributed by atoms with Crippen LogP contribution in [0.2, 0.25) is 0 Å². The van der Waals surface area contributed by atoms with Crippen molar-refractivity contribution in [3.63, 3.8) is 0 Å². The van der Waals surface area contributed by atoms with Crippen molar-refractivity contribution in [1.82, 2.24) is 9.78 Å². The monoisotopic (exact) mass is 309 g/mol. The number of halogens is 1. The highest BCUT2D eigenvalue weighted by molar-refractivity contribution is 9.10. The number of methoxy groups -OCH3 is 1. The largest absolute Gasteiger partial charge is 0.494 e. The second-order valence-electron chi connectivity index (χ2n) is 4.32. The third-order valence-corrected chi connectivity index (χ3v) is 3.56. The zero-order valence-corrected chi connectivity index (χ0v) is 12.2. The minimum absolute atomic E-state index is 0.303. The Morgan fingerprint density at radius 1 is 1.33 bits per heavy atom. The van der Waals surface area contributed by atoms with Gasteiger partial charge in [0.15, 0.2) is 0 Å². The molecule has 0 amide bonds. The number of hydrogen-bond acceptors (Lipinski definition) is 3. The van der Waals surface area contributed by atoms with Crippen molar-refractivity contribution in [1.29, 1.82) is 0 Å². The van der Waals surface area contributed by atoms with Gasteiger partial charge in [-0.25, -0.2) is 4.68 Å². The Balaban J connectivity index is 2.61. The third-order valence-electron chi connectivity index (χ3n) is 2.75. The Labute approximate surface area is 115 Å². The second-order valence-corrected chi connectivity index (χ2v) is 5.12. The average Bonchev–Trinajstić information content (AvgIpc) is 2.66. The number of nitrogens with two attached hydrogens (primary N) is 1. The van der Waals surface area contributed by atoms with Gasteiger partial charge < -0.3 is 10.5 Å². The molecule has 2 rings (SSSR count). The van der Waals surface area contributed by atoms with Crippen LogP contribution in [0, 0.1) is 0 Å². The highest BCUT2D eigenvalue weighted by Gasteiger charge is 2.18. The number of para-hydroxylation sites is 2. The molecule has 0 aliphatic heterocycles. The van der Waals surface area contributed by atoms with Crippen LogP contribution in [0.1, 0.15) is 25.5 Å². The Kier molecular flexibility index (Phi) is 3.61. The maximum absolute atomic E-state index is 6.09. The van der Waals surface area contributed by atoms with Crippen molar-refractivity contribution in [2.24, 2.45) is 0 Å². The van der Waals surface area contributed by atoms with E-state index in [0.717, 1.165) is 21.6 Å². The summed E-state index contributed by atoms with van der Waals surface area (Å²) in [6.45, 7) is 4.16. The first kappa shape index (κ1) is 13.0. The number of nitrogen functional groups attached to an aromatic ring is 1. The summed E-state index contributed by atoms with van der Waals surface area (Å²) < 4.78 is 7.89. The van der Waals surface area contributed by atoms with Gasteiger partial charge in [-0.15, -0.1) is 0 Å². The van der Waals surface area contributed by atoms with Gasteiger partial charge in [0.2, 0.25) is 0 Å². The van der Waals surface area contributed by atoms with Gasteiger partial charge in [-0.2, -0.15) is 5.10 Å². The van der Waals surface area contributed by atoms with Crippen LogP contribution in [0.3, 0.4) is 0 Å². The fourth-order valence-electron chi connectivity index (χ4n) is 1.79. The summed E-state index contributed by atoms with van der Waals surface area (Å²) in [5, 5.41) is 4.55. The normalized spacial score (nSPS) is 10.9. The van der Waals surface area contributed by atoms with E-state index in [0.29, 0.717) is 11.7 Å². The van der Waals surface area contributed by atoms with Crippen LogP contribution in [0.25, 0.3) is 5.69 Å². The Morgan fingerprint density at radius 3 is 2.56 bits per heavy atom. The highest BCUT2D eigenvalue weighted by atomic mass is 79.9. The second kappa shape index (κ2) is 5.02. The van der Waals surface area contributed by atoms with E-state index in [1.807, 2.05) is 24.3 Å². The van der Waals surface area contributed by atoms with Crippen LogP contribution < -0.4 is 10.5 Å². The van der Waals surface area contributed by atoms with E-state index in [1.165, 1.54) is 0 Å². The van der Waals surface area contributed by atoms with Crippen LogP contribution in [-0.4, -0.2) is 16.9 Å². The molecule has 0 fully saturated rings. The summed E-state index contributed by atoms with van der Waals surface area (Å²) in [5.41, 5.74) is 7.88. The summed E-state index contributed by atoms with van der Waals surface area (Å²) in [7, 11) is 1.64. The van der Waals surface area contributed by atoms with E-state index in [9.17, 15) is 0 Å². The molecule has 0 radical (unpaired) electrons. The Bertz CT molecular complexity index is 563. The zero-order chi connectivity index (χ0) is 13.3. The molecular formula is C13H16BrN3O. The molecular weight excluding hydrogens is 294 g/mol. The summed E-state index contributed by atoms with van der Waals surface area (Å²) in [5.74, 6) is 1.63. The molecule has 0 aliphatic rings. The quantitative estimate of drug-likeness (QED) is 0.946. The fourth-order valence-corrected chi connectivity index (χ4v) is 2.49. The summed E-state index contributed by atoms with van der Waals surface area (Å²) >= 11 is 3.50. The molecule has 18 heavy (non-hydrogen) atoms. The lowest BCUT2D eigenvalue weighted by Gasteiger charge is -2.09. The van der Waals surface area contributed by atoms with Crippen molar-refractivity contribution in [2.45, 2.75) is 19.8 Å². The van der Waals surface area contributed by atoms with Gasteiger partial charge in [-0.05, 0) is 34.0 Å². The number of nitrogens with zero attached hydrogens (tertiary/aromatic N) is 2. The van der Waals surface area contributed by atoms with Crippen molar-refractivity contribution >= 4 is 21.7 Å². The van der Waals surface area contributed by atoms with E-state index in [4.69, 9.17) is 10.5 Å². The molecule has 1 aromatic carbocycles. The lowest BCUT2D eigenvalue weighted by molar-refractivity contribution is 0.412. The van der Waals surface area contributed by atoms with E-state index >= 15 is 0 Å². The number of aromatic nitrogens is 2. The first-order valence-electron chi connectivity index (χ1n) is 5.73. The van der Waals surface area contributed by atoms with Crippen molar-refractivity contribution in [2.75, 3.05) is 12.8 Å². The summed E-state index contributed by atoms with van der Waals surface area (Å²) in [6, 6.07) is 7.67. The molecule has 0 saturated carbocycles. The summed E-state index contributed by atoms with van der Waals surface area (Å²) in [4.78, 5) is 0. The molecule has 96 valence electrons. The van der Waals surface area contributed by atoms with E-state index in [1.54, 1.807) is 11.8 Å². The van der Waals surface area contributed by atoms with Gasteiger partial charge in [0.25, 0.3) is 0 Å². The molecule has 1 heterocycles. The molecule has 0 spiro atoms. The van der Waals surface area contributed by atoms with Crippen molar-refractivity contribution in [3.8, 4) is 11.4 Å². The number of ether oxygens (including phenoxy) is 1. The number of benzene rings is 1. The molecule has 1 aromatic heterocycles. The zero-order valence-electron chi connectivity index (χ0n) is 10.6. The van der Waals surface area contributed by atoms with Crippen LogP contribution in [0.4, 0.5) is 5.82 Å². The topological polar surface area (TPSA) is 53.1 Å². The van der Waals surface area contributed by atoms with E-state index < -0.39 is 0 Å². The fraction of sp³-hybridized carbons (Fsp3) is 0.308. The van der Waals surface area contributed by atoms with Gasteiger partial charge in [-0.3, -0.25) is 0 Å². The van der Waals surface area contributed by atoms with Gasteiger partial charge in [0.1, 0.15) is 17.3 Å². The SMILES string of the molecule is COc1ccccc1-n1nc(C(C)C)c(Br)c1N. The van der Waals surface area contributed by atoms with Crippen LogP contribution in [0.5, 0.6) is 5.75 Å². The van der Waals surface area contributed by atoms with Crippen molar-refractivity contribution in [3.05, 3.63) is 34.4 Å². The first-order valence-corrected chi connectivity index (χ1v) is 6.52. The maximum Gasteiger partial charge on any atom is 0.144 e. The highest BCUT2D eigenvalue weighted by Crippen LogP contribution is 2.33. The molecule has 0 atom stereocenters. The van der Waals surface area contributed by atoms with Crippen molar-refractivity contribution < 1.29 is 4.74 Å². The molecule has 2 aromatic rings. The smallest absolute Gasteiger partial charge is 0.144 e. The maximum atomic E-state index is 6.09. The lowest BCUT2D eigenvalue weighted by Crippen LogP contribution is -2.04. The minimum Gasteiger partial charge on any atom is -0.494 e. The molecule has 4 nitrogen and oxygen atoms in total. The molecule has 2 N–H and O–H groups in total. The van der Waals surface area contributed by atoms with Gasteiger partial charge in [-0.1, -0.05) is 26.0 Å². The molecule has 0 unspecified atom stereocenters. The van der Waals surface area contributed by atoms with Gasteiger partial charge in [0.05, 0.1) is 17.3 Å². The predicted octanol–water partition coefficient (Wildman–Crippen LogP) is 3.35. The standard InChI is InChI=1S/C13H16BrN3O/c1-8(2)12-11(14)13(15)17(16-12)9-6-4-5-7-10(9)18-3/h4-8H,15H2,1-3H3. The van der Waals surface area contributed by atoms with E-state index in [2.05, 4.69) is 34.9 Å². The van der Waals surface area contributed by atoms with Crippen LogP contribution >= 0.6 is 15.9 Å². The number of hydrogen-bond donors (Lipinski definition) is 1. The Morgan fingerprint density at radius 2 is 2.00 bits per heavy atom. The Hall–Kier alpha value is -1.49. The minimum atomic E-state index is 0.303. The number of anilines is 1. The lowest BCUT2D eigenvalue weighted by atomic mass is 10.1. The average molecular weight is 310 g/mol. The third kappa shape index (κ3) is 2.10. The van der Waals surface area contributed by atoms with E-state index in [-0.39, 0.29) is 0 Å². The predicted molar refractivity (Wildman–Crippen MR) is 76.3 cm³/mol. The van der Waals surface area contributed by atoms with Crippen LogP contribution in [0.15, 0.2) is 28.7 Å². The molecule has 5 heteroatoms.